The standard InChI is InChI=1S/C17H21ClN6O/c1-10(2)13-7-14(23-22-13)17(25)24-6-5-12(9-24)20-16-11(8-19)3-4-15(18)21-16/h3-4,7-8,10,12,19H,5-6,9H2,1-2H3,(H,20,21)(H,22,23). The highest BCUT2D eigenvalue weighted by Gasteiger charge is 2.29. The highest BCUT2D eigenvalue weighted by molar-refractivity contribution is 6.29. The lowest BCUT2D eigenvalue weighted by molar-refractivity contribution is 0.0786. The summed E-state index contributed by atoms with van der Waals surface area (Å²) in [5, 5.41) is 18.2. The molecule has 3 rings (SSSR count). The van der Waals surface area contributed by atoms with Crippen LogP contribution < -0.4 is 5.32 Å². The molecule has 3 N–H and O–H groups in total. The van der Waals surface area contributed by atoms with Crippen LogP contribution in [-0.2, 0) is 0 Å². The molecular weight excluding hydrogens is 340 g/mol. The number of aromatic nitrogens is 3. The first-order chi connectivity index (χ1) is 12.0. The monoisotopic (exact) mass is 360 g/mol. The fourth-order valence-corrected chi connectivity index (χ4v) is 2.99. The molecule has 0 bridgehead atoms. The second kappa shape index (κ2) is 7.23. The summed E-state index contributed by atoms with van der Waals surface area (Å²) < 4.78 is 0. The van der Waals surface area contributed by atoms with Gasteiger partial charge in [0.15, 0.2) is 0 Å². The first kappa shape index (κ1) is 17.4. The van der Waals surface area contributed by atoms with E-state index in [1.165, 1.54) is 6.21 Å². The van der Waals surface area contributed by atoms with E-state index >= 15 is 0 Å². The van der Waals surface area contributed by atoms with Gasteiger partial charge in [0.2, 0.25) is 0 Å². The summed E-state index contributed by atoms with van der Waals surface area (Å²) >= 11 is 5.94. The van der Waals surface area contributed by atoms with Gasteiger partial charge in [-0.3, -0.25) is 9.89 Å². The molecule has 1 amide bonds. The molecule has 132 valence electrons. The number of H-pyrrole nitrogens is 1. The van der Waals surface area contributed by atoms with Gasteiger partial charge >= 0.3 is 0 Å². The van der Waals surface area contributed by atoms with Gasteiger partial charge in [-0.05, 0) is 30.5 Å². The van der Waals surface area contributed by atoms with E-state index in [9.17, 15) is 4.79 Å². The van der Waals surface area contributed by atoms with Crippen LogP contribution in [0.1, 0.15) is 47.9 Å². The number of aromatic amines is 1. The number of anilines is 1. The van der Waals surface area contributed by atoms with Crippen LogP contribution in [0.5, 0.6) is 0 Å². The maximum atomic E-state index is 12.6. The minimum absolute atomic E-state index is 0.0668. The zero-order chi connectivity index (χ0) is 18.0. The molecule has 0 aliphatic carbocycles. The van der Waals surface area contributed by atoms with Crippen LogP contribution in [0.4, 0.5) is 5.82 Å². The van der Waals surface area contributed by atoms with E-state index in [2.05, 4.69) is 34.3 Å². The fraction of sp³-hybridized carbons (Fsp3) is 0.412. The minimum Gasteiger partial charge on any atom is -0.365 e. The SMILES string of the molecule is CC(C)c1cc(C(=O)N2CCC(Nc3nc(Cl)ccc3C=N)C2)n[nH]1. The van der Waals surface area contributed by atoms with Crippen molar-refractivity contribution in [2.75, 3.05) is 18.4 Å². The first-order valence-electron chi connectivity index (χ1n) is 8.26. The average molecular weight is 361 g/mol. The second-order valence-corrected chi connectivity index (χ2v) is 6.85. The largest absolute Gasteiger partial charge is 0.365 e. The molecule has 2 aromatic heterocycles. The van der Waals surface area contributed by atoms with Gasteiger partial charge in [0, 0.05) is 36.6 Å². The van der Waals surface area contributed by atoms with Crippen molar-refractivity contribution in [3.8, 4) is 0 Å². The molecule has 0 spiro atoms. The number of amides is 1. The van der Waals surface area contributed by atoms with Crippen molar-refractivity contribution < 1.29 is 4.79 Å². The minimum atomic E-state index is -0.0706. The van der Waals surface area contributed by atoms with Crippen molar-refractivity contribution in [2.24, 2.45) is 0 Å². The van der Waals surface area contributed by atoms with Crippen molar-refractivity contribution in [1.29, 1.82) is 5.41 Å². The summed E-state index contributed by atoms with van der Waals surface area (Å²) in [4.78, 5) is 18.6. The van der Waals surface area contributed by atoms with Crippen molar-refractivity contribution >= 4 is 29.5 Å². The number of rotatable bonds is 5. The molecule has 1 unspecified atom stereocenters. The van der Waals surface area contributed by atoms with Gasteiger partial charge in [0.25, 0.3) is 5.91 Å². The number of carbonyl (C=O) groups excluding carboxylic acids is 1. The van der Waals surface area contributed by atoms with E-state index in [0.29, 0.717) is 41.2 Å². The number of pyridine rings is 1. The fourth-order valence-electron chi connectivity index (χ4n) is 2.84. The van der Waals surface area contributed by atoms with Gasteiger partial charge in [0.05, 0.1) is 0 Å². The summed E-state index contributed by atoms with van der Waals surface area (Å²) in [5.74, 6) is 0.804. The predicted molar refractivity (Wildman–Crippen MR) is 97.7 cm³/mol. The lowest BCUT2D eigenvalue weighted by Gasteiger charge is -2.17. The first-order valence-corrected chi connectivity index (χ1v) is 8.64. The topological polar surface area (TPSA) is 97.8 Å². The Balaban J connectivity index is 1.66. The van der Waals surface area contributed by atoms with Gasteiger partial charge in [-0.25, -0.2) is 4.98 Å². The van der Waals surface area contributed by atoms with Crippen LogP contribution in [0.15, 0.2) is 18.2 Å². The van der Waals surface area contributed by atoms with Crippen LogP contribution in [0.25, 0.3) is 0 Å². The van der Waals surface area contributed by atoms with E-state index in [0.717, 1.165) is 12.1 Å². The number of halogens is 1. The van der Waals surface area contributed by atoms with E-state index in [-0.39, 0.29) is 11.9 Å². The number of nitrogens with one attached hydrogen (secondary N) is 3. The molecular formula is C17H21ClN6O. The molecule has 3 heterocycles. The van der Waals surface area contributed by atoms with Crippen LogP contribution >= 0.6 is 11.6 Å². The molecule has 1 saturated heterocycles. The molecule has 1 fully saturated rings. The Morgan fingerprint density at radius 1 is 1.52 bits per heavy atom. The summed E-state index contributed by atoms with van der Waals surface area (Å²) in [7, 11) is 0. The lowest BCUT2D eigenvalue weighted by Crippen LogP contribution is -2.32. The van der Waals surface area contributed by atoms with Crippen LogP contribution in [0, 0.1) is 5.41 Å². The van der Waals surface area contributed by atoms with E-state index in [1.54, 1.807) is 17.0 Å². The highest BCUT2D eigenvalue weighted by atomic mass is 35.5. The number of hydrogen-bond donors (Lipinski definition) is 3. The third kappa shape index (κ3) is 3.82. The second-order valence-electron chi connectivity index (χ2n) is 6.46. The Labute approximate surface area is 151 Å². The summed E-state index contributed by atoms with van der Waals surface area (Å²) in [6.07, 6.45) is 2.04. The summed E-state index contributed by atoms with van der Waals surface area (Å²) in [6.45, 7) is 5.32. The average Bonchev–Trinajstić information content (AvgIpc) is 3.24. The van der Waals surface area contributed by atoms with Gasteiger partial charge < -0.3 is 15.6 Å². The Hall–Kier alpha value is -2.41. The molecule has 0 radical (unpaired) electrons. The van der Waals surface area contributed by atoms with Crippen LogP contribution in [0.3, 0.4) is 0 Å². The summed E-state index contributed by atoms with van der Waals surface area (Å²) in [6, 6.07) is 5.29. The lowest BCUT2D eigenvalue weighted by atomic mass is 10.1. The van der Waals surface area contributed by atoms with Crippen LogP contribution in [0.2, 0.25) is 5.15 Å². The van der Waals surface area contributed by atoms with Crippen molar-refractivity contribution in [3.05, 3.63) is 40.3 Å². The highest BCUT2D eigenvalue weighted by Crippen LogP contribution is 2.21. The van der Waals surface area contributed by atoms with Gasteiger partial charge in [-0.15, -0.1) is 0 Å². The number of likely N-dealkylation sites (tertiary alicyclic amines) is 1. The number of carbonyl (C=O) groups is 1. The number of nitrogens with zero attached hydrogens (tertiary/aromatic N) is 3. The third-order valence-electron chi connectivity index (χ3n) is 4.30. The normalized spacial score (nSPS) is 17.1. The van der Waals surface area contributed by atoms with E-state index in [4.69, 9.17) is 17.0 Å². The zero-order valence-electron chi connectivity index (χ0n) is 14.2. The van der Waals surface area contributed by atoms with Crippen LogP contribution in [-0.4, -0.2) is 51.3 Å². The Morgan fingerprint density at radius 2 is 2.32 bits per heavy atom. The molecule has 2 aromatic rings. The quantitative estimate of drug-likeness (QED) is 0.564. The third-order valence-corrected chi connectivity index (χ3v) is 4.51. The molecule has 25 heavy (non-hydrogen) atoms. The van der Waals surface area contributed by atoms with Crippen molar-refractivity contribution in [1.82, 2.24) is 20.1 Å². The molecule has 1 aliphatic heterocycles. The van der Waals surface area contributed by atoms with E-state index < -0.39 is 0 Å². The van der Waals surface area contributed by atoms with E-state index in [1.807, 2.05) is 6.07 Å². The zero-order valence-corrected chi connectivity index (χ0v) is 15.0. The predicted octanol–water partition coefficient (Wildman–Crippen LogP) is 2.91. The Morgan fingerprint density at radius 3 is 3.00 bits per heavy atom. The van der Waals surface area contributed by atoms with Gasteiger partial charge in [0.1, 0.15) is 16.7 Å². The molecule has 0 aromatic carbocycles. The molecule has 1 aliphatic rings. The molecule has 8 heteroatoms. The summed E-state index contributed by atoms with van der Waals surface area (Å²) in [5.41, 5.74) is 2.07. The maximum Gasteiger partial charge on any atom is 0.274 e. The smallest absolute Gasteiger partial charge is 0.274 e. The van der Waals surface area contributed by atoms with Crippen molar-refractivity contribution in [3.63, 3.8) is 0 Å². The molecule has 1 atom stereocenters. The number of hydrogen-bond acceptors (Lipinski definition) is 5. The van der Waals surface area contributed by atoms with Gasteiger partial charge in [-0.2, -0.15) is 5.10 Å². The van der Waals surface area contributed by atoms with Crippen molar-refractivity contribution in [2.45, 2.75) is 32.2 Å². The Bertz CT molecular complexity index is 787. The molecule has 7 nitrogen and oxygen atoms in total. The Kier molecular flexibility index (Phi) is 5.03. The molecule has 0 saturated carbocycles. The maximum absolute atomic E-state index is 12.6. The van der Waals surface area contributed by atoms with Gasteiger partial charge in [-0.1, -0.05) is 25.4 Å².